The predicted octanol–water partition coefficient (Wildman–Crippen LogP) is 2.11. The van der Waals surface area contributed by atoms with Gasteiger partial charge < -0.3 is 9.47 Å². The van der Waals surface area contributed by atoms with Gasteiger partial charge in [-0.05, 0) is 24.6 Å². The van der Waals surface area contributed by atoms with Gasteiger partial charge in [0.05, 0.1) is 18.8 Å². The molecule has 0 bridgehead atoms. The minimum Gasteiger partial charge on any atom is -0.492 e. The molecule has 1 aromatic rings. The van der Waals surface area contributed by atoms with E-state index < -0.39 is 5.82 Å². The molecule has 0 radical (unpaired) electrons. The molecule has 16 heavy (non-hydrogen) atoms. The minimum absolute atomic E-state index is 0.235. The lowest BCUT2D eigenvalue weighted by Gasteiger charge is -2.11. The Kier molecular flexibility index (Phi) is 3.37. The third-order valence-corrected chi connectivity index (χ3v) is 2.56. The van der Waals surface area contributed by atoms with Crippen LogP contribution in [0, 0.1) is 23.1 Å². The van der Waals surface area contributed by atoms with Crippen molar-refractivity contribution in [2.24, 2.45) is 5.92 Å². The summed E-state index contributed by atoms with van der Waals surface area (Å²) in [6, 6.07) is 5.88. The van der Waals surface area contributed by atoms with E-state index in [9.17, 15) is 4.39 Å². The van der Waals surface area contributed by atoms with E-state index in [1.54, 1.807) is 0 Å². The first-order valence-electron chi connectivity index (χ1n) is 5.20. The SMILES string of the molecule is N#Cc1cc(F)ccc1OCC1CCOC1. The highest BCUT2D eigenvalue weighted by molar-refractivity contribution is 5.42. The summed E-state index contributed by atoms with van der Waals surface area (Å²) >= 11 is 0. The van der Waals surface area contributed by atoms with Crippen LogP contribution in [0.25, 0.3) is 0 Å². The van der Waals surface area contributed by atoms with E-state index in [0.717, 1.165) is 13.0 Å². The zero-order chi connectivity index (χ0) is 11.4. The Balaban J connectivity index is 2.00. The summed E-state index contributed by atoms with van der Waals surface area (Å²) in [7, 11) is 0. The molecule has 4 heteroatoms. The molecule has 1 saturated heterocycles. The second-order valence-corrected chi connectivity index (χ2v) is 3.79. The molecule has 0 amide bonds. The summed E-state index contributed by atoms with van der Waals surface area (Å²) in [5.74, 6) is 0.389. The van der Waals surface area contributed by atoms with Gasteiger partial charge in [-0.3, -0.25) is 0 Å². The van der Waals surface area contributed by atoms with Crippen LogP contribution in [0.3, 0.4) is 0 Å². The van der Waals surface area contributed by atoms with Crippen molar-refractivity contribution in [1.29, 1.82) is 5.26 Å². The summed E-state index contributed by atoms with van der Waals surface area (Å²) < 4.78 is 23.6. The van der Waals surface area contributed by atoms with E-state index in [2.05, 4.69) is 0 Å². The molecule has 2 rings (SSSR count). The smallest absolute Gasteiger partial charge is 0.137 e. The third-order valence-electron chi connectivity index (χ3n) is 2.56. The number of halogens is 1. The van der Waals surface area contributed by atoms with E-state index in [0.29, 0.717) is 24.9 Å². The first-order chi connectivity index (χ1) is 7.79. The number of hydrogen-bond donors (Lipinski definition) is 0. The molecular formula is C12H12FNO2. The maximum Gasteiger partial charge on any atom is 0.137 e. The van der Waals surface area contributed by atoms with Crippen LogP contribution in [0.15, 0.2) is 18.2 Å². The van der Waals surface area contributed by atoms with Crippen LogP contribution in [0.1, 0.15) is 12.0 Å². The van der Waals surface area contributed by atoms with Crippen molar-refractivity contribution in [2.75, 3.05) is 19.8 Å². The highest BCUT2D eigenvalue weighted by atomic mass is 19.1. The Morgan fingerprint density at radius 3 is 3.12 bits per heavy atom. The van der Waals surface area contributed by atoms with Gasteiger partial charge in [0.2, 0.25) is 0 Å². The van der Waals surface area contributed by atoms with Crippen LogP contribution >= 0.6 is 0 Å². The Hall–Kier alpha value is -1.60. The van der Waals surface area contributed by atoms with Crippen molar-refractivity contribution in [3.63, 3.8) is 0 Å². The molecule has 0 aromatic heterocycles. The van der Waals surface area contributed by atoms with Crippen molar-refractivity contribution in [3.05, 3.63) is 29.6 Å². The lowest BCUT2D eigenvalue weighted by molar-refractivity contribution is 0.167. The molecule has 0 N–H and O–H groups in total. The fourth-order valence-corrected chi connectivity index (χ4v) is 1.64. The number of nitriles is 1. The number of hydrogen-bond acceptors (Lipinski definition) is 3. The highest BCUT2D eigenvalue weighted by Gasteiger charge is 2.17. The number of ether oxygens (including phenoxy) is 2. The van der Waals surface area contributed by atoms with Crippen LogP contribution in [-0.4, -0.2) is 19.8 Å². The number of benzene rings is 1. The normalized spacial score (nSPS) is 19.4. The van der Waals surface area contributed by atoms with Gasteiger partial charge in [-0.1, -0.05) is 0 Å². The lowest BCUT2D eigenvalue weighted by atomic mass is 10.1. The van der Waals surface area contributed by atoms with Gasteiger partial charge in [-0.25, -0.2) is 4.39 Å². The molecule has 1 atom stereocenters. The molecule has 0 spiro atoms. The third kappa shape index (κ3) is 2.50. The van der Waals surface area contributed by atoms with Crippen LogP contribution in [0.2, 0.25) is 0 Å². The predicted molar refractivity (Wildman–Crippen MR) is 55.5 cm³/mol. The van der Waals surface area contributed by atoms with E-state index in [-0.39, 0.29) is 5.56 Å². The Bertz CT molecular complexity index is 408. The quantitative estimate of drug-likeness (QED) is 0.785. The highest BCUT2D eigenvalue weighted by Crippen LogP contribution is 2.21. The molecular weight excluding hydrogens is 209 g/mol. The van der Waals surface area contributed by atoms with Gasteiger partial charge in [0.15, 0.2) is 0 Å². The van der Waals surface area contributed by atoms with Crippen molar-refractivity contribution in [1.82, 2.24) is 0 Å². The number of rotatable bonds is 3. The molecule has 1 aliphatic rings. The zero-order valence-electron chi connectivity index (χ0n) is 8.78. The molecule has 0 saturated carbocycles. The van der Waals surface area contributed by atoms with Crippen LogP contribution < -0.4 is 4.74 Å². The van der Waals surface area contributed by atoms with Crippen LogP contribution in [-0.2, 0) is 4.74 Å². The maximum atomic E-state index is 12.8. The van der Waals surface area contributed by atoms with Gasteiger partial charge in [-0.15, -0.1) is 0 Å². The minimum atomic E-state index is -0.423. The summed E-state index contributed by atoms with van der Waals surface area (Å²) in [6.45, 7) is 1.98. The standard InChI is InChI=1S/C12H12FNO2/c13-11-1-2-12(10(5-11)6-14)16-8-9-3-4-15-7-9/h1-2,5,9H,3-4,7-8H2. The van der Waals surface area contributed by atoms with Gasteiger partial charge >= 0.3 is 0 Å². The molecule has 3 nitrogen and oxygen atoms in total. The molecule has 0 aliphatic carbocycles. The van der Waals surface area contributed by atoms with E-state index in [1.807, 2.05) is 6.07 Å². The topological polar surface area (TPSA) is 42.2 Å². The monoisotopic (exact) mass is 221 g/mol. The molecule has 84 valence electrons. The van der Waals surface area contributed by atoms with E-state index >= 15 is 0 Å². The van der Waals surface area contributed by atoms with Crippen molar-refractivity contribution >= 4 is 0 Å². The largest absolute Gasteiger partial charge is 0.492 e. The van der Waals surface area contributed by atoms with Gasteiger partial charge in [0.25, 0.3) is 0 Å². The summed E-state index contributed by atoms with van der Waals surface area (Å²) in [5.41, 5.74) is 0.235. The summed E-state index contributed by atoms with van der Waals surface area (Å²) in [6.07, 6.45) is 0.975. The fraction of sp³-hybridized carbons (Fsp3) is 0.417. The summed E-state index contributed by atoms with van der Waals surface area (Å²) in [4.78, 5) is 0. The lowest BCUT2D eigenvalue weighted by Crippen LogP contribution is -2.12. The molecule has 1 heterocycles. The fourth-order valence-electron chi connectivity index (χ4n) is 1.64. The van der Waals surface area contributed by atoms with Crippen LogP contribution in [0.5, 0.6) is 5.75 Å². The van der Waals surface area contributed by atoms with Crippen molar-refractivity contribution < 1.29 is 13.9 Å². The Morgan fingerprint density at radius 2 is 2.44 bits per heavy atom. The average molecular weight is 221 g/mol. The number of nitrogens with zero attached hydrogens (tertiary/aromatic N) is 1. The average Bonchev–Trinajstić information content (AvgIpc) is 2.80. The molecule has 1 aromatic carbocycles. The second kappa shape index (κ2) is 4.95. The molecule has 1 fully saturated rings. The molecule has 1 aliphatic heterocycles. The van der Waals surface area contributed by atoms with Gasteiger partial charge in [-0.2, -0.15) is 5.26 Å². The zero-order valence-corrected chi connectivity index (χ0v) is 8.78. The summed E-state index contributed by atoms with van der Waals surface area (Å²) in [5, 5.41) is 8.81. The molecule has 1 unspecified atom stereocenters. The Labute approximate surface area is 93.4 Å². The van der Waals surface area contributed by atoms with E-state index in [4.69, 9.17) is 14.7 Å². The first kappa shape index (κ1) is 10.9. The van der Waals surface area contributed by atoms with Crippen LogP contribution in [0.4, 0.5) is 4.39 Å². The van der Waals surface area contributed by atoms with Gasteiger partial charge in [0, 0.05) is 12.5 Å². The second-order valence-electron chi connectivity index (χ2n) is 3.79. The first-order valence-corrected chi connectivity index (χ1v) is 5.20. The van der Waals surface area contributed by atoms with E-state index in [1.165, 1.54) is 18.2 Å². The van der Waals surface area contributed by atoms with Gasteiger partial charge in [0.1, 0.15) is 17.6 Å². The van der Waals surface area contributed by atoms with Crippen molar-refractivity contribution in [2.45, 2.75) is 6.42 Å². The Morgan fingerprint density at radius 1 is 1.56 bits per heavy atom. The van der Waals surface area contributed by atoms with Crippen molar-refractivity contribution in [3.8, 4) is 11.8 Å². The maximum absolute atomic E-state index is 12.8.